The molecule has 4 aromatic rings. The Balaban J connectivity index is 0.00000331. The Morgan fingerprint density at radius 1 is 1.20 bits per heavy atom. The van der Waals surface area contributed by atoms with E-state index in [4.69, 9.17) is 16.3 Å². The van der Waals surface area contributed by atoms with Crippen molar-refractivity contribution in [3.05, 3.63) is 65.9 Å². The number of nitriles is 1. The number of hydrogen-bond donors (Lipinski definition) is 2. The lowest BCUT2D eigenvalue weighted by Crippen LogP contribution is -2.54. The van der Waals surface area contributed by atoms with Crippen LogP contribution in [-0.4, -0.2) is 77.2 Å². The number of ether oxygens (including phenoxy) is 1. The summed E-state index contributed by atoms with van der Waals surface area (Å²) < 4.78 is 95.7. The first-order chi connectivity index (χ1) is 26.2. The summed E-state index contributed by atoms with van der Waals surface area (Å²) in [6, 6.07) is 6.06. The van der Waals surface area contributed by atoms with Crippen LogP contribution < -0.4 is 21.3 Å². The van der Waals surface area contributed by atoms with Crippen molar-refractivity contribution in [2.45, 2.75) is 77.7 Å². The fraction of sp³-hybridized carbons (Fsp3) is 0.436. The number of allylic oxidation sites excluding steroid dienone is 1. The van der Waals surface area contributed by atoms with E-state index in [0.717, 1.165) is 42.3 Å². The second-order valence-corrected chi connectivity index (χ2v) is 13.1. The summed E-state index contributed by atoms with van der Waals surface area (Å²) in [5.74, 6) is 3.80. The second kappa shape index (κ2) is 18.5. The van der Waals surface area contributed by atoms with Crippen LogP contribution in [0.25, 0.3) is 32.9 Å². The summed E-state index contributed by atoms with van der Waals surface area (Å²) in [6.45, 7) is 8.10. The molecule has 1 aliphatic heterocycles. The van der Waals surface area contributed by atoms with Crippen LogP contribution in [0.5, 0.6) is 5.88 Å². The lowest BCUT2D eigenvalue weighted by atomic mass is 9.92. The fourth-order valence-corrected chi connectivity index (χ4v) is 6.97. The molecule has 2 aromatic carbocycles. The molecule has 16 heteroatoms. The van der Waals surface area contributed by atoms with Gasteiger partial charge in [-0.3, -0.25) is 9.78 Å². The SMILES string of the molecule is CC.CCCN(C)CC(C)Oc1nc2c(F)c(-c3ccc(F)c4cccnc34)c(C(F)(F)F)cc2c(N(N)C2CCN(C(=O)/C=C/CF)[C@H](CC#N)C2)c1N. The van der Waals surface area contributed by atoms with Crippen molar-refractivity contribution in [2.24, 2.45) is 5.84 Å². The van der Waals surface area contributed by atoms with E-state index in [2.05, 4.69) is 9.97 Å². The molecule has 1 amide bonds. The number of carbonyl (C=O) groups is 1. The molecular formula is C39H46F6N8O2. The molecule has 55 heavy (non-hydrogen) atoms. The number of hydrazine groups is 1. The van der Waals surface area contributed by atoms with E-state index < -0.39 is 65.2 Å². The van der Waals surface area contributed by atoms with Crippen molar-refractivity contribution in [1.82, 2.24) is 19.8 Å². The summed E-state index contributed by atoms with van der Waals surface area (Å²) in [4.78, 5) is 24.6. The molecule has 296 valence electrons. The predicted octanol–water partition coefficient (Wildman–Crippen LogP) is 7.94. The summed E-state index contributed by atoms with van der Waals surface area (Å²) in [5.41, 5.74) is 2.84. The number of carbonyl (C=O) groups excluding carboxylic acids is 1. The highest BCUT2D eigenvalue weighted by Crippen LogP contribution is 2.48. The maximum Gasteiger partial charge on any atom is 0.417 e. The molecule has 1 fully saturated rings. The van der Waals surface area contributed by atoms with Crippen LogP contribution in [0.1, 0.15) is 58.9 Å². The van der Waals surface area contributed by atoms with Gasteiger partial charge in [-0.25, -0.2) is 24.0 Å². The first-order valence-corrected chi connectivity index (χ1v) is 18.1. The minimum Gasteiger partial charge on any atom is -0.472 e. The number of halogens is 6. The highest BCUT2D eigenvalue weighted by atomic mass is 19.4. The third-order valence-corrected chi connectivity index (χ3v) is 9.27. The molecular weight excluding hydrogens is 726 g/mol. The number of benzene rings is 2. The molecule has 10 nitrogen and oxygen atoms in total. The number of nitrogen functional groups attached to an aromatic ring is 1. The summed E-state index contributed by atoms with van der Waals surface area (Å²) >= 11 is 0. The molecule has 0 saturated carbocycles. The zero-order valence-corrected chi connectivity index (χ0v) is 31.4. The van der Waals surface area contributed by atoms with Crippen molar-refractivity contribution in [3.8, 4) is 23.1 Å². The number of piperidine rings is 1. The van der Waals surface area contributed by atoms with Gasteiger partial charge in [-0.2, -0.15) is 18.4 Å². The molecule has 3 atom stereocenters. The standard InChI is InChI=1S/C37H40F6N8O2.C2H6/c1-4-16-49(3)20-21(2)53-36-32(45)35(51(46)23-12-17-50(22(18-23)11-14-44)29(52)8-5-13-38)26-19-27(37(41,42)43)30(31(40)34(26)48-36)25-9-10-28(39)24-7-6-15-47-33(24)25;1-2/h5-10,15,19,21-23H,4,11-13,16-18,20,45-46H2,1-3H3;1-2H3/b8-5+;/t21?,22-,23?;/m1./s1. The Kier molecular flexibility index (Phi) is 14.3. The molecule has 2 unspecified atom stereocenters. The molecule has 3 heterocycles. The van der Waals surface area contributed by atoms with Gasteiger partial charge in [0.15, 0.2) is 5.82 Å². The zero-order valence-electron chi connectivity index (χ0n) is 31.4. The van der Waals surface area contributed by atoms with Gasteiger partial charge in [-0.1, -0.05) is 20.8 Å². The van der Waals surface area contributed by atoms with Crippen molar-refractivity contribution in [3.63, 3.8) is 0 Å². The number of rotatable bonds is 12. The molecule has 0 bridgehead atoms. The first-order valence-electron chi connectivity index (χ1n) is 18.1. The Morgan fingerprint density at radius 2 is 1.93 bits per heavy atom. The summed E-state index contributed by atoms with van der Waals surface area (Å²) in [7, 11) is 1.88. The highest BCUT2D eigenvalue weighted by molar-refractivity contribution is 6.04. The van der Waals surface area contributed by atoms with E-state index in [1.807, 2.05) is 38.8 Å². The Morgan fingerprint density at radius 3 is 2.58 bits per heavy atom. The van der Waals surface area contributed by atoms with Gasteiger partial charge in [0.25, 0.3) is 0 Å². The molecule has 0 spiro atoms. The number of fused-ring (bicyclic) bond motifs is 2. The quantitative estimate of drug-likeness (QED) is 0.0636. The van der Waals surface area contributed by atoms with Crippen LogP contribution in [0.2, 0.25) is 0 Å². The van der Waals surface area contributed by atoms with Gasteiger partial charge in [-0.15, -0.1) is 0 Å². The molecule has 1 saturated heterocycles. The number of pyridine rings is 2. The van der Waals surface area contributed by atoms with Crippen molar-refractivity contribution < 1.29 is 35.9 Å². The first kappa shape index (κ1) is 42.6. The van der Waals surface area contributed by atoms with Crippen LogP contribution in [0.3, 0.4) is 0 Å². The van der Waals surface area contributed by atoms with E-state index in [1.54, 1.807) is 6.92 Å². The number of anilines is 2. The molecule has 0 aliphatic carbocycles. The largest absolute Gasteiger partial charge is 0.472 e. The normalized spacial score (nSPS) is 16.6. The van der Waals surface area contributed by atoms with Gasteiger partial charge < -0.3 is 25.3 Å². The number of aromatic nitrogens is 2. The number of likely N-dealkylation sites (tertiary alicyclic amines) is 1. The number of likely N-dealkylation sites (N-methyl/N-ethyl adjacent to an activating group) is 1. The fourth-order valence-electron chi connectivity index (χ4n) is 6.97. The Bertz CT molecular complexity index is 2050. The van der Waals surface area contributed by atoms with E-state index in [0.29, 0.717) is 12.6 Å². The summed E-state index contributed by atoms with van der Waals surface area (Å²) in [5, 5.41) is 10.2. The molecule has 0 radical (unpaired) electrons. The van der Waals surface area contributed by atoms with Gasteiger partial charge in [-0.05, 0) is 76.2 Å². The Hall–Kier alpha value is -5.14. The van der Waals surface area contributed by atoms with Crippen LogP contribution in [0.15, 0.2) is 48.7 Å². The van der Waals surface area contributed by atoms with E-state index in [1.165, 1.54) is 23.2 Å². The topological polar surface area (TPSA) is 138 Å². The van der Waals surface area contributed by atoms with Crippen molar-refractivity contribution >= 4 is 39.1 Å². The van der Waals surface area contributed by atoms with Crippen LogP contribution >= 0.6 is 0 Å². The lowest BCUT2D eigenvalue weighted by molar-refractivity contribution is -0.137. The number of nitrogens with zero attached hydrogens (tertiary/aromatic N) is 6. The predicted molar refractivity (Wildman–Crippen MR) is 202 cm³/mol. The van der Waals surface area contributed by atoms with E-state index in [-0.39, 0.29) is 64.9 Å². The minimum absolute atomic E-state index is 0.0736. The number of nitrogens with two attached hydrogens (primary N) is 2. The highest BCUT2D eigenvalue weighted by Gasteiger charge is 2.40. The number of hydrogen-bond acceptors (Lipinski definition) is 9. The van der Waals surface area contributed by atoms with Gasteiger partial charge in [0, 0.05) is 59.3 Å². The average molecular weight is 773 g/mol. The minimum atomic E-state index is -5.13. The zero-order chi connectivity index (χ0) is 40.6. The van der Waals surface area contributed by atoms with Crippen LogP contribution in [0.4, 0.5) is 37.7 Å². The summed E-state index contributed by atoms with van der Waals surface area (Å²) in [6.07, 6.45) is -1.31. The van der Waals surface area contributed by atoms with Crippen LogP contribution in [0, 0.1) is 23.0 Å². The second-order valence-electron chi connectivity index (χ2n) is 13.1. The van der Waals surface area contributed by atoms with Gasteiger partial charge >= 0.3 is 6.18 Å². The maximum atomic E-state index is 17.1. The monoisotopic (exact) mass is 772 g/mol. The third kappa shape index (κ3) is 9.22. The molecule has 5 rings (SSSR count). The maximum absolute atomic E-state index is 17.1. The van der Waals surface area contributed by atoms with Crippen molar-refractivity contribution in [2.75, 3.05) is 44.1 Å². The smallest absolute Gasteiger partial charge is 0.417 e. The van der Waals surface area contributed by atoms with Gasteiger partial charge in [0.2, 0.25) is 11.8 Å². The van der Waals surface area contributed by atoms with Crippen molar-refractivity contribution in [1.29, 1.82) is 5.26 Å². The van der Waals surface area contributed by atoms with Gasteiger partial charge in [0.05, 0.1) is 29.3 Å². The molecule has 1 aliphatic rings. The lowest BCUT2D eigenvalue weighted by Gasteiger charge is -2.42. The third-order valence-electron chi connectivity index (χ3n) is 9.27. The Labute approximate surface area is 316 Å². The van der Waals surface area contributed by atoms with E-state index >= 15 is 17.6 Å². The number of alkyl halides is 4. The molecule has 4 N–H and O–H groups in total. The molecule has 2 aromatic heterocycles. The average Bonchev–Trinajstić information content (AvgIpc) is 3.15. The number of amides is 1. The van der Waals surface area contributed by atoms with E-state index in [9.17, 15) is 18.8 Å². The van der Waals surface area contributed by atoms with Crippen LogP contribution in [-0.2, 0) is 11.0 Å². The van der Waals surface area contributed by atoms with Gasteiger partial charge in [0.1, 0.15) is 29.8 Å².